The molecule has 0 aliphatic rings. The molecule has 3 aromatic rings. The number of hydrogen-bond donors (Lipinski definition) is 1. The third-order valence-corrected chi connectivity index (χ3v) is 7.92. The van der Waals surface area contributed by atoms with Crippen LogP contribution >= 0.6 is 0 Å². The Kier molecular flexibility index (Phi) is 5.93. The summed E-state index contributed by atoms with van der Waals surface area (Å²) < 4.78 is 33.0. The van der Waals surface area contributed by atoms with Gasteiger partial charge in [0.05, 0.1) is 16.3 Å². The van der Waals surface area contributed by atoms with Gasteiger partial charge in [-0.2, -0.15) is 0 Å². The fourth-order valence-corrected chi connectivity index (χ4v) is 5.97. The highest BCUT2D eigenvalue weighted by Gasteiger charge is 2.29. The van der Waals surface area contributed by atoms with Gasteiger partial charge in [-0.25, -0.2) is 13.1 Å². The fraction of sp³-hybridized carbons (Fsp3) is 0.375. The maximum absolute atomic E-state index is 13.6. The maximum atomic E-state index is 13.6. The van der Waals surface area contributed by atoms with E-state index in [0.29, 0.717) is 22.5 Å². The highest BCUT2D eigenvalue weighted by Crippen LogP contribution is 2.32. The van der Waals surface area contributed by atoms with Crippen LogP contribution in [0.25, 0.3) is 5.69 Å². The van der Waals surface area contributed by atoms with Crippen LogP contribution in [0.5, 0.6) is 0 Å². The number of para-hydroxylation sites is 1. The zero-order chi connectivity index (χ0) is 23.2. The summed E-state index contributed by atoms with van der Waals surface area (Å²) in [6.07, 6.45) is 0. The van der Waals surface area contributed by atoms with Crippen molar-refractivity contribution in [3.63, 3.8) is 0 Å². The lowest BCUT2D eigenvalue weighted by molar-refractivity contribution is 0.594. The molecule has 3 rings (SSSR count). The summed E-state index contributed by atoms with van der Waals surface area (Å²) in [7, 11) is -2.20. The van der Waals surface area contributed by atoms with Crippen LogP contribution in [0, 0.1) is 34.6 Å². The molecule has 1 heterocycles. The van der Waals surface area contributed by atoms with Crippen molar-refractivity contribution in [2.75, 3.05) is 4.72 Å². The lowest BCUT2D eigenvalue weighted by Gasteiger charge is -2.19. The first-order chi connectivity index (χ1) is 14.4. The molecule has 0 atom stereocenters. The summed E-state index contributed by atoms with van der Waals surface area (Å²) in [6, 6.07) is 9.21. The number of sulfonamides is 1. The Balaban J connectivity index is 2.26. The normalized spacial score (nSPS) is 11.9. The lowest BCUT2D eigenvalue weighted by atomic mass is 9.95. The minimum absolute atomic E-state index is 0.0657. The van der Waals surface area contributed by atoms with Gasteiger partial charge < -0.3 is 0 Å². The van der Waals surface area contributed by atoms with Crippen molar-refractivity contribution in [3.05, 3.63) is 74.2 Å². The van der Waals surface area contributed by atoms with Gasteiger partial charge >= 0.3 is 0 Å². The number of nitrogens with one attached hydrogen (secondary N) is 1. The van der Waals surface area contributed by atoms with E-state index in [1.807, 2.05) is 78.8 Å². The number of rotatable bonds is 5. The molecule has 2 aromatic carbocycles. The first kappa shape index (κ1) is 22.9. The topological polar surface area (TPSA) is 73.1 Å². The number of anilines is 1. The summed E-state index contributed by atoms with van der Waals surface area (Å²) in [4.78, 5) is 13.6. The van der Waals surface area contributed by atoms with Crippen molar-refractivity contribution in [1.82, 2.24) is 9.36 Å². The van der Waals surface area contributed by atoms with E-state index < -0.39 is 15.6 Å². The van der Waals surface area contributed by atoms with Crippen LogP contribution in [-0.2, 0) is 17.1 Å². The Labute approximate surface area is 184 Å². The van der Waals surface area contributed by atoms with E-state index in [1.54, 1.807) is 11.7 Å². The Morgan fingerprint density at radius 1 is 0.839 bits per heavy atom. The van der Waals surface area contributed by atoms with Crippen LogP contribution in [0.2, 0.25) is 0 Å². The second kappa shape index (κ2) is 8.04. The zero-order valence-electron chi connectivity index (χ0n) is 19.5. The number of nitrogens with zero attached hydrogens (tertiary/aromatic N) is 2. The number of benzene rings is 2. The van der Waals surface area contributed by atoms with Crippen molar-refractivity contribution in [3.8, 4) is 5.69 Å². The molecule has 0 spiro atoms. The van der Waals surface area contributed by atoms with Gasteiger partial charge in [-0.3, -0.25) is 14.2 Å². The van der Waals surface area contributed by atoms with E-state index >= 15 is 0 Å². The van der Waals surface area contributed by atoms with Crippen molar-refractivity contribution in [1.29, 1.82) is 0 Å². The highest BCUT2D eigenvalue weighted by molar-refractivity contribution is 7.92. The van der Waals surface area contributed by atoms with Gasteiger partial charge in [0.15, 0.2) is 0 Å². The SMILES string of the molecule is Cc1c(C)c(C)c(S(=O)(=O)Nc2c(C(C)C)n(C)n(-c3ccccc3)c2=O)c(C)c1C. The quantitative estimate of drug-likeness (QED) is 0.627. The predicted octanol–water partition coefficient (Wildman–Crippen LogP) is 4.64. The van der Waals surface area contributed by atoms with Gasteiger partial charge in [-0.1, -0.05) is 32.0 Å². The Morgan fingerprint density at radius 3 is 1.81 bits per heavy atom. The molecule has 0 aliphatic carbocycles. The molecule has 7 heteroatoms. The second-order valence-electron chi connectivity index (χ2n) is 8.45. The summed E-state index contributed by atoms with van der Waals surface area (Å²) in [5.41, 5.74) is 5.41. The average molecular weight is 442 g/mol. The minimum Gasteiger partial charge on any atom is -0.283 e. The van der Waals surface area contributed by atoms with E-state index in [9.17, 15) is 13.2 Å². The molecule has 0 unspecified atom stereocenters. The number of aromatic nitrogens is 2. The molecule has 0 radical (unpaired) electrons. The summed E-state index contributed by atoms with van der Waals surface area (Å²) in [6.45, 7) is 13.4. The first-order valence-electron chi connectivity index (χ1n) is 10.4. The largest absolute Gasteiger partial charge is 0.296 e. The molecule has 0 aliphatic heterocycles. The van der Waals surface area contributed by atoms with Crippen molar-refractivity contribution < 1.29 is 8.42 Å². The van der Waals surface area contributed by atoms with Crippen LogP contribution in [0.15, 0.2) is 40.0 Å². The molecular formula is C24H31N3O3S. The van der Waals surface area contributed by atoms with Gasteiger partial charge in [0, 0.05) is 7.05 Å². The lowest BCUT2D eigenvalue weighted by Crippen LogP contribution is -2.24. The van der Waals surface area contributed by atoms with Gasteiger partial charge in [-0.15, -0.1) is 0 Å². The van der Waals surface area contributed by atoms with Gasteiger partial charge in [-0.05, 0) is 80.5 Å². The molecule has 0 saturated heterocycles. The first-order valence-corrected chi connectivity index (χ1v) is 11.9. The highest BCUT2D eigenvalue weighted by atomic mass is 32.2. The standard InChI is InChI=1S/C24H31N3O3S/c1-14(2)22-21(24(28)27(26(22)8)20-12-10-9-11-13-20)25-31(29,30)23-18(6)16(4)15(3)17(5)19(23)7/h9-14,25H,1-8H3. The molecule has 6 nitrogen and oxygen atoms in total. The Hall–Kier alpha value is -2.80. The van der Waals surface area contributed by atoms with Gasteiger partial charge in [0.25, 0.3) is 15.6 Å². The van der Waals surface area contributed by atoms with E-state index in [2.05, 4.69) is 4.72 Å². The Morgan fingerprint density at radius 2 is 1.32 bits per heavy atom. The van der Waals surface area contributed by atoms with Gasteiger partial charge in [0.2, 0.25) is 0 Å². The molecule has 0 amide bonds. The van der Waals surface area contributed by atoms with Crippen LogP contribution < -0.4 is 10.3 Å². The van der Waals surface area contributed by atoms with Crippen LogP contribution in [0.1, 0.15) is 53.3 Å². The molecule has 1 N–H and O–H groups in total. The zero-order valence-corrected chi connectivity index (χ0v) is 20.3. The summed E-state index contributed by atoms with van der Waals surface area (Å²) in [5, 5.41) is 0. The second-order valence-corrected chi connectivity index (χ2v) is 10.1. The average Bonchev–Trinajstić information content (AvgIpc) is 2.94. The molecule has 166 valence electrons. The molecule has 1 aromatic heterocycles. The van der Waals surface area contributed by atoms with Crippen molar-refractivity contribution in [2.24, 2.45) is 7.05 Å². The van der Waals surface area contributed by atoms with Crippen molar-refractivity contribution >= 4 is 15.7 Å². The van der Waals surface area contributed by atoms with Gasteiger partial charge in [0.1, 0.15) is 5.69 Å². The van der Waals surface area contributed by atoms with Crippen molar-refractivity contribution in [2.45, 2.75) is 59.3 Å². The van der Waals surface area contributed by atoms with E-state index in [-0.39, 0.29) is 16.5 Å². The Bertz CT molecular complexity index is 1290. The summed E-state index contributed by atoms with van der Waals surface area (Å²) in [5.74, 6) is -0.0657. The smallest absolute Gasteiger partial charge is 0.283 e. The van der Waals surface area contributed by atoms with E-state index in [0.717, 1.165) is 16.7 Å². The molecule has 0 fully saturated rings. The van der Waals surface area contributed by atoms with E-state index in [1.165, 1.54) is 4.68 Å². The molecular weight excluding hydrogens is 410 g/mol. The van der Waals surface area contributed by atoms with E-state index in [4.69, 9.17) is 0 Å². The minimum atomic E-state index is -3.98. The molecule has 0 saturated carbocycles. The third-order valence-electron chi connectivity index (χ3n) is 6.29. The predicted molar refractivity (Wildman–Crippen MR) is 126 cm³/mol. The fourth-order valence-electron chi connectivity index (χ4n) is 4.29. The molecule has 31 heavy (non-hydrogen) atoms. The molecule has 0 bridgehead atoms. The maximum Gasteiger partial charge on any atom is 0.296 e. The number of hydrogen-bond acceptors (Lipinski definition) is 3. The summed E-state index contributed by atoms with van der Waals surface area (Å²) >= 11 is 0. The van der Waals surface area contributed by atoms with Crippen LogP contribution in [0.3, 0.4) is 0 Å². The van der Waals surface area contributed by atoms with Crippen LogP contribution in [0.4, 0.5) is 5.69 Å². The third kappa shape index (κ3) is 3.71. The van der Waals surface area contributed by atoms with Crippen LogP contribution in [-0.4, -0.2) is 17.8 Å². The monoisotopic (exact) mass is 441 g/mol.